The number of unbranched alkanes of at least 4 members (excludes halogenated alkanes) is 24. The third-order valence-electron chi connectivity index (χ3n) is 18.2. The summed E-state index contributed by atoms with van der Waals surface area (Å²) in [7, 11) is 0. The highest BCUT2D eigenvalue weighted by Gasteiger charge is 2.55. The van der Waals surface area contributed by atoms with E-state index in [0.29, 0.717) is 21.6 Å². The van der Waals surface area contributed by atoms with E-state index in [1.54, 1.807) is 64.2 Å². The van der Waals surface area contributed by atoms with Crippen molar-refractivity contribution in [3.05, 3.63) is 103 Å². The van der Waals surface area contributed by atoms with Crippen molar-refractivity contribution in [3.63, 3.8) is 0 Å². The number of fused-ring (bicyclic) bond motifs is 1. The number of carbonyl (C=O) groups is 4. The molecule has 0 fully saturated rings. The first-order valence-corrected chi connectivity index (χ1v) is 41.5. The van der Waals surface area contributed by atoms with Crippen LogP contribution in [0.15, 0.2) is 83.9 Å². The van der Waals surface area contributed by atoms with Crippen LogP contribution in [-0.4, -0.2) is 45.0 Å². The molecular formula is C80H112N2O6S6. The second-order valence-corrected chi connectivity index (χ2v) is 35.3. The first-order valence-electron chi connectivity index (χ1n) is 36.6. The van der Waals surface area contributed by atoms with Gasteiger partial charge >= 0.3 is 12.2 Å². The van der Waals surface area contributed by atoms with Crippen LogP contribution < -0.4 is 0 Å². The minimum Gasteiger partial charge on any atom is -0.443 e. The molecule has 8 heterocycles. The van der Waals surface area contributed by atoms with Crippen molar-refractivity contribution in [3.8, 4) is 39.0 Å². The summed E-state index contributed by atoms with van der Waals surface area (Å²) in [5, 5.41) is 0. The van der Waals surface area contributed by atoms with Gasteiger partial charge in [0.15, 0.2) is 0 Å². The Labute approximate surface area is 590 Å². The molecule has 14 heteroatoms. The number of hydrogen-bond acceptors (Lipinski definition) is 12. The van der Waals surface area contributed by atoms with Crippen molar-refractivity contribution in [2.45, 2.75) is 299 Å². The number of carbonyl (C=O) groups excluding carboxylic acids is 4. The fraction of sp³-hybridized carbons (Fsp3) is 0.600. The van der Waals surface area contributed by atoms with E-state index < -0.39 is 35.2 Å². The molecule has 0 saturated heterocycles. The van der Waals surface area contributed by atoms with Crippen LogP contribution in [0.1, 0.15) is 294 Å². The standard InChI is InChI=1S/C80H112N2O6S6/c1-11-15-19-23-27-29-33-37-41-57(39-35-31-25-21-17-13-3)55-59-43-45-61(89-59)63-47-49-65(91-63)67-51-53-69(93-67)73-71-72(76(84)81(73)77(85)87-79(5,6)7)74(82(75(71)83)78(86)88-80(8,9)10)70-54-52-68(94-70)66-50-48-64(92-66)62-46-44-60(90-62)56-58(40-36-32-26-22-18-14-4)42-38-34-30-28-24-20-16-12-2/h43-54,57-58H,11-42,55-56H2,1-10H3. The van der Waals surface area contributed by atoms with Crippen molar-refractivity contribution in [1.29, 1.82) is 0 Å². The summed E-state index contributed by atoms with van der Waals surface area (Å²) in [6.07, 6.45) is 43.3. The second-order valence-electron chi connectivity index (χ2n) is 28.7. The van der Waals surface area contributed by atoms with E-state index in [0.717, 1.165) is 42.2 Å². The first kappa shape index (κ1) is 75.3. The van der Waals surface area contributed by atoms with Crippen molar-refractivity contribution in [2.75, 3.05) is 0 Å². The zero-order chi connectivity index (χ0) is 67.0. The number of nitrogens with zero attached hydrogens (tertiary/aromatic N) is 2. The van der Waals surface area contributed by atoms with Gasteiger partial charge in [-0.25, -0.2) is 19.4 Å². The molecule has 8 rings (SSSR count). The number of amides is 4. The Kier molecular flexibility index (Phi) is 30.5. The molecule has 0 bridgehead atoms. The van der Waals surface area contributed by atoms with Crippen molar-refractivity contribution < 1.29 is 28.7 Å². The van der Waals surface area contributed by atoms with Gasteiger partial charge in [-0.2, -0.15) is 0 Å². The Morgan fingerprint density at radius 2 is 0.553 bits per heavy atom. The maximum Gasteiger partial charge on any atom is 0.422 e. The van der Waals surface area contributed by atoms with Gasteiger partial charge in [0.1, 0.15) is 11.2 Å². The number of imide groups is 2. The molecule has 2 aliphatic rings. The number of thiophene rings is 6. The average Bonchev–Trinajstić information content (AvgIpc) is 1.55. The first-order chi connectivity index (χ1) is 45.4. The Balaban J connectivity index is 1.03. The molecule has 94 heavy (non-hydrogen) atoms. The van der Waals surface area contributed by atoms with E-state index in [9.17, 15) is 9.59 Å². The zero-order valence-corrected chi connectivity index (χ0v) is 63.8. The third kappa shape index (κ3) is 22.3. The molecule has 0 aliphatic carbocycles. The fourth-order valence-corrected chi connectivity index (χ4v) is 19.9. The van der Waals surface area contributed by atoms with Crippen LogP contribution >= 0.6 is 68.0 Å². The smallest absolute Gasteiger partial charge is 0.422 e. The van der Waals surface area contributed by atoms with Gasteiger partial charge in [0.05, 0.1) is 32.3 Å². The van der Waals surface area contributed by atoms with Crippen LogP contribution in [0.4, 0.5) is 9.59 Å². The average molecular weight is 1390 g/mol. The van der Waals surface area contributed by atoms with Crippen LogP contribution in [0.25, 0.3) is 50.4 Å². The van der Waals surface area contributed by atoms with Crippen LogP contribution in [0.5, 0.6) is 0 Å². The number of ether oxygens (including phenoxy) is 2. The van der Waals surface area contributed by atoms with E-state index >= 15 is 9.59 Å². The SMILES string of the molecule is CCCCCCCCCCC(CCCCCCCC)Cc1ccc(-c2ccc(-c3ccc(C4=C5C(=O)N(C(=O)OC(C)(C)C)C(c6ccc(-c7ccc(-c8ccc(CC(CCCCCCCC)CCCCCCCCCC)s8)s7)s6)=C5C(=O)N4C(=O)OC(C)(C)C)s3)s2)s1. The van der Waals surface area contributed by atoms with E-state index in [1.807, 2.05) is 46.9 Å². The summed E-state index contributed by atoms with van der Waals surface area (Å²) >= 11 is 10.1. The molecule has 514 valence electrons. The lowest BCUT2D eigenvalue weighted by molar-refractivity contribution is -0.123. The Morgan fingerprint density at radius 3 is 0.819 bits per heavy atom. The van der Waals surface area contributed by atoms with Gasteiger partial charge in [0.25, 0.3) is 11.8 Å². The highest BCUT2D eigenvalue weighted by Crippen LogP contribution is 2.52. The molecule has 6 aromatic heterocycles. The number of hydrogen-bond donors (Lipinski definition) is 0. The lowest BCUT2D eigenvalue weighted by Gasteiger charge is -2.27. The molecule has 0 radical (unpaired) electrons. The Hall–Kier alpha value is -4.44. The van der Waals surface area contributed by atoms with E-state index in [4.69, 9.17) is 9.47 Å². The fourth-order valence-electron chi connectivity index (χ4n) is 13.2. The molecule has 0 spiro atoms. The molecule has 0 N–H and O–H groups in total. The lowest BCUT2D eigenvalue weighted by atomic mass is 9.91. The zero-order valence-electron chi connectivity index (χ0n) is 58.9. The Bertz CT molecular complexity index is 3160. The quantitative estimate of drug-likeness (QED) is 0.0355. The van der Waals surface area contributed by atoms with Gasteiger partial charge in [-0.05, 0) is 139 Å². The molecule has 0 saturated carbocycles. The summed E-state index contributed by atoms with van der Waals surface area (Å²) < 4.78 is 11.9. The van der Waals surface area contributed by atoms with Gasteiger partial charge in [-0.3, -0.25) is 9.59 Å². The summed E-state index contributed by atoms with van der Waals surface area (Å²) in [6.45, 7) is 19.7. The van der Waals surface area contributed by atoms with Crippen LogP contribution in [0.2, 0.25) is 0 Å². The maximum atomic E-state index is 15.3. The molecule has 2 unspecified atom stereocenters. The van der Waals surface area contributed by atoms with E-state index in [1.165, 1.54) is 257 Å². The van der Waals surface area contributed by atoms with Crippen molar-refractivity contribution in [1.82, 2.24) is 9.80 Å². The maximum absolute atomic E-state index is 15.3. The highest BCUT2D eigenvalue weighted by molar-refractivity contribution is 7.27. The molecule has 2 aliphatic heterocycles. The molecule has 0 aromatic carbocycles. The van der Waals surface area contributed by atoms with Crippen molar-refractivity contribution >= 4 is 103 Å². The largest absolute Gasteiger partial charge is 0.443 e. The number of rotatable bonds is 42. The van der Waals surface area contributed by atoms with E-state index in [-0.39, 0.29) is 22.5 Å². The minimum absolute atomic E-state index is 0.0193. The second kappa shape index (κ2) is 38.1. The minimum atomic E-state index is -0.957. The van der Waals surface area contributed by atoms with Gasteiger partial charge in [0, 0.05) is 48.8 Å². The highest BCUT2D eigenvalue weighted by atomic mass is 32.1. The van der Waals surface area contributed by atoms with Crippen LogP contribution in [-0.2, 0) is 31.9 Å². The normalized spacial score (nSPS) is 14.4. The van der Waals surface area contributed by atoms with Crippen LogP contribution in [0.3, 0.4) is 0 Å². The van der Waals surface area contributed by atoms with Gasteiger partial charge in [-0.1, -0.05) is 233 Å². The molecule has 8 nitrogen and oxygen atoms in total. The summed E-state index contributed by atoms with van der Waals surface area (Å²) in [5.74, 6) is -0.0364. The van der Waals surface area contributed by atoms with E-state index in [2.05, 4.69) is 76.2 Å². The molecular weight excluding hydrogens is 1280 g/mol. The lowest BCUT2D eigenvalue weighted by Crippen LogP contribution is -2.40. The Morgan fingerprint density at radius 1 is 0.330 bits per heavy atom. The summed E-state index contributed by atoms with van der Waals surface area (Å²) in [5.41, 5.74) is -1.73. The summed E-state index contributed by atoms with van der Waals surface area (Å²) in [6, 6.07) is 25.7. The van der Waals surface area contributed by atoms with Gasteiger partial charge in [0.2, 0.25) is 0 Å². The van der Waals surface area contributed by atoms with Gasteiger partial charge < -0.3 is 9.47 Å². The molecule has 4 amide bonds. The summed E-state index contributed by atoms with van der Waals surface area (Å²) in [4.78, 5) is 74.6. The topological polar surface area (TPSA) is 93.2 Å². The van der Waals surface area contributed by atoms with Crippen molar-refractivity contribution in [2.24, 2.45) is 11.8 Å². The van der Waals surface area contributed by atoms with Crippen LogP contribution in [0, 0.1) is 11.8 Å². The molecule has 2 atom stereocenters. The predicted octanol–water partition coefficient (Wildman–Crippen LogP) is 27.3. The van der Waals surface area contributed by atoms with Gasteiger partial charge in [-0.15, -0.1) is 68.0 Å². The third-order valence-corrected chi connectivity index (χ3v) is 25.5. The monoisotopic (exact) mass is 1390 g/mol. The molecule has 6 aromatic rings. The predicted molar refractivity (Wildman–Crippen MR) is 407 cm³/mol.